The molecule has 0 saturated heterocycles. The van der Waals surface area contributed by atoms with Crippen LogP contribution < -0.4 is 0 Å². The van der Waals surface area contributed by atoms with Crippen LogP contribution in [-0.4, -0.2) is 11.7 Å². The van der Waals surface area contributed by atoms with Crippen molar-refractivity contribution in [1.82, 2.24) is 0 Å². The summed E-state index contributed by atoms with van der Waals surface area (Å²) in [7, 11) is 0. The van der Waals surface area contributed by atoms with Gasteiger partial charge in [0.25, 0.3) is 0 Å². The predicted octanol–water partition coefficient (Wildman–Crippen LogP) is 0.632. The van der Waals surface area contributed by atoms with E-state index in [0.717, 1.165) is 0 Å². The van der Waals surface area contributed by atoms with Crippen LogP contribution in [0.2, 0.25) is 0 Å². The summed E-state index contributed by atoms with van der Waals surface area (Å²) < 4.78 is 0. The normalized spacial score (nSPS) is 8.00. The topological polar surface area (TPSA) is 20.2 Å². The van der Waals surface area contributed by atoms with Crippen LogP contribution in [0, 0.1) is 5.92 Å². The number of aliphatic hydroxyl groups excluding tert-OH is 1. The SMILES string of the molecule is CC(C)CO.[Zr+4]. The standard InChI is InChI=1S/C4H10O.Zr/c1-4(2)3-5;/h4-5H,3H2,1-2H3;/q;+4. The van der Waals surface area contributed by atoms with Gasteiger partial charge in [-0.25, -0.2) is 0 Å². The second kappa shape index (κ2) is 5.84. The summed E-state index contributed by atoms with van der Waals surface area (Å²) in [6.45, 7) is 4.25. The molecule has 32 valence electrons. The third-order valence-electron chi connectivity index (χ3n) is 0.365. The maximum absolute atomic E-state index is 8.14. The van der Waals surface area contributed by atoms with Crippen molar-refractivity contribution in [2.75, 3.05) is 6.61 Å². The van der Waals surface area contributed by atoms with E-state index in [2.05, 4.69) is 0 Å². The van der Waals surface area contributed by atoms with Crippen LogP contribution in [0.15, 0.2) is 0 Å². The zero-order valence-electron chi connectivity index (χ0n) is 4.23. The minimum Gasteiger partial charge on any atom is -0.396 e. The van der Waals surface area contributed by atoms with E-state index in [1.807, 2.05) is 13.8 Å². The maximum atomic E-state index is 8.14. The van der Waals surface area contributed by atoms with Gasteiger partial charge in [0.15, 0.2) is 0 Å². The van der Waals surface area contributed by atoms with E-state index in [4.69, 9.17) is 5.11 Å². The molecule has 6 heavy (non-hydrogen) atoms. The molecule has 0 aliphatic heterocycles. The van der Waals surface area contributed by atoms with Crippen molar-refractivity contribution in [3.8, 4) is 0 Å². The molecule has 1 nitrogen and oxygen atoms in total. The fraction of sp³-hybridized carbons (Fsp3) is 1.00. The first-order valence-corrected chi connectivity index (χ1v) is 1.88. The Balaban J connectivity index is 0. The molecule has 0 bridgehead atoms. The molecular formula is C4H10OZr+4. The van der Waals surface area contributed by atoms with Gasteiger partial charge in [0.2, 0.25) is 0 Å². The molecule has 2 heteroatoms. The number of rotatable bonds is 1. The Morgan fingerprint density at radius 1 is 1.50 bits per heavy atom. The summed E-state index contributed by atoms with van der Waals surface area (Å²) in [5, 5.41) is 8.14. The van der Waals surface area contributed by atoms with Crippen LogP contribution in [0.1, 0.15) is 13.8 Å². The van der Waals surface area contributed by atoms with Crippen LogP contribution in [0.5, 0.6) is 0 Å². The van der Waals surface area contributed by atoms with Gasteiger partial charge in [0.1, 0.15) is 0 Å². The van der Waals surface area contributed by atoms with Gasteiger partial charge in [-0.2, -0.15) is 0 Å². The molecule has 0 aromatic rings. The van der Waals surface area contributed by atoms with E-state index in [1.165, 1.54) is 0 Å². The number of hydrogen-bond acceptors (Lipinski definition) is 1. The molecule has 0 rings (SSSR count). The van der Waals surface area contributed by atoms with Gasteiger partial charge in [-0.1, -0.05) is 13.8 Å². The first-order valence-electron chi connectivity index (χ1n) is 1.88. The second-order valence-corrected chi connectivity index (χ2v) is 1.58. The van der Waals surface area contributed by atoms with Crippen LogP contribution in [0.3, 0.4) is 0 Å². The monoisotopic (exact) mass is 164 g/mol. The zero-order chi connectivity index (χ0) is 4.28. The summed E-state index contributed by atoms with van der Waals surface area (Å²) in [5.74, 6) is 0.440. The fourth-order valence-corrected chi connectivity index (χ4v) is 0. The van der Waals surface area contributed by atoms with E-state index in [-0.39, 0.29) is 26.2 Å². The fourth-order valence-electron chi connectivity index (χ4n) is 0. The molecule has 0 radical (unpaired) electrons. The Bertz CT molecular complexity index is 21.5. The molecule has 0 amide bonds. The summed E-state index contributed by atoms with van der Waals surface area (Å²) in [4.78, 5) is 0. The van der Waals surface area contributed by atoms with E-state index >= 15 is 0 Å². The Morgan fingerprint density at radius 3 is 1.67 bits per heavy atom. The molecule has 1 N–H and O–H groups in total. The molecule has 0 spiro atoms. The molecule has 0 aliphatic carbocycles. The molecule has 0 fully saturated rings. The van der Waals surface area contributed by atoms with Gasteiger partial charge in [-0.3, -0.25) is 0 Å². The van der Waals surface area contributed by atoms with Crippen molar-refractivity contribution in [3.05, 3.63) is 0 Å². The molecule has 0 saturated carbocycles. The Hall–Kier alpha value is 0.843. The van der Waals surface area contributed by atoms with Crippen molar-refractivity contribution in [3.63, 3.8) is 0 Å². The summed E-state index contributed by atoms with van der Waals surface area (Å²) in [6, 6.07) is 0. The maximum Gasteiger partial charge on any atom is 4.00 e. The van der Waals surface area contributed by atoms with Crippen molar-refractivity contribution in [2.24, 2.45) is 5.92 Å². The molecular weight excluding hydrogens is 155 g/mol. The molecule has 0 aromatic carbocycles. The molecule has 0 unspecified atom stereocenters. The zero-order valence-corrected chi connectivity index (χ0v) is 6.69. The Kier molecular flexibility index (Phi) is 9.70. The van der Waals surface area contributed by atoms with Crippen LogP contribution in [-0.2, 0) is 26.2 Å². The van der Waals surface area contributed by atoms with E-state index in [9.17, 15) is 0 Å². The first-order chi connectivity index (χ1) is 2.27. The molecule has 0 aromatic heterocycles. The largest absolute Gasteiger partial charge is 4.00 e. The van der Waals surface area contributed by atoms with E-state index < -0.39 is 0 Å². The molecule has 0 aliphatic rings. The smallest absolute Gasteiger partial charge is 0.396 e. The van der Waals surface area contributed by atoms with E-state index in [0.29, 0.717) is 12.5 Å². The van der Waals surface area contributed by atoms with Crippen molar-refractivity contribution >= 4 is 0 Å². The van der Waals surface area contributed by atoms with Crippen LogP contribution in [0.4, 0.5) is 0 Å². The van der Waals surface area contributed by atoms with Gasteiger partial charge in [0.05, 0.1) is 0 Å². The minimum atomic E-state index is 0. The Labute approximate surface area is 57.9 Å². The molecule has 0 atom stereocenters. The minimum absolute atomic E-state index is 0. The average Bonchev–Trinajstić information content (AvgIpc) is 1.38. The van der Waals surface area contributed by atoms with Crippen molar-refractivity contribution in [1.29, 1.82) is 0 Å². The third-order valence-corrected chi connectivity index (χ3v) is 0.365. The summed E-state index contributed by atoms with van der Waals surface area (Å²) in [6.07, 6.45) is 0. The summed E-state index contributed by atoms with van der Waals surface area (Å²) in [5.41, 5.74) is 0. The molecule has 0 heterocycles. The van der Waals surface area contributed by atoms with E-state index in [1.54, 1.807) is 0 Å². The quantitative estimate of drug-likeness (QED) is 0.604. The summed E-state index contributed by atoms with van der Waals surface area (Å²) >= 11 is 0. The van der Waals surface area contributed by atoms with Crippen molar-refractivity contribution in [2.45, 2.75) is 13.8 Å². The van der Waals surface area contributed by atoms with Gasteiger partial charge >= 0.3 is 26.2 Å². The predicted molar refractivity (Wildman–Crippen MR) is 21.9 cm³/mol. The second-order valence-electron chi connectivity index (χ2n) is 1.58. The van der Waals surface area contributed by atoms with Gasteiger partial charge in [-0.05, 0) is 5.92 Å². The third kappa shape index (κ3) is 8.85. The average molecular weight is 165 g/mol. The first kappa shape index (κ1) is 9.96. The van der Waals surface area contributed by atoms with Gasteiger partial charge < -0.3 is 5.11 Å². The number of aliphatic hydroxyl groups is 1. The van der Waals surface area contributed by atoms with Crippen LogP contribution >= 0.6 is 0 Å². The van der Waals surface area contributed by atoms with Crippen LogP contribution in [0.25, 0.3) is 0 Å². The van der Waals surface area contributed by atoms with Gasteiger partial charge in [-0.15, -0.1) is 0 Å². The van der Waals surface area contributed by atoms with Gasteiger partial charge in [0, 0.05) is 6.61 Å². The van der Waals surface area contributed by atoms with Crippen molar-refractivity contribution < 1.29 is 31.3 Å². The number of hydrogen-bond donors (Lipinski definition) is 1. The Morgan fingerprint density at radius 2 is 1.67 bits per heavy atom.